The topological polar surface area (TPSA) is 57.7 Å². The zero-order chi connectivity index (χ0) is 20.6. The molecule has 2 aromatic rings. The molecule has 2 aliphatic rings. The normalized spacial score (nSPS) is 18.5. The van der Waals surface area contributed by atoms with Gasteiger partial charge in [0.05, 0.1) is 0 Å². The summed E-state index contributed by atoms with van der Waals surface area (Å²) in [6, 6.07) is 11.5. The summed E-state index contributed by atoms with van der Waals surface area (Å²) in [5, 5.41) is 0. The summed E-state index contributed by atoms with van der Waals surface area (Å²) in [5.41, 5.74) is 3.31. The van der Waals surface area contributed by atoms with Crippen LogP contribution in [0, 0.1) is 18.7 Å². The Morgan fingerprint density at radius 1 is 1.03 bits per heavy atom. The van der Waals surface area contributed by atoms with Crippen LogP contribution in [0.2, 0.25) is 0 Å². The molecule has 0 unspecified atom stereocenters. The van der Waals surface area contributed by atoms with E-state index in [0.29, 0.717) is 19.4 Å². The molecule has 1 amide bonds. The van der Waals surface area contributed by atoms with E-state index in [1.165, 1.54) is 28.1 Å². The van der Waals surface area contributed by atoms with E-state index in [4.69, 9.17) is 0 Å². The zero-order valence-corrected chi connectivity index (χ0v) is 17.3. The van der Waals surface area contributed by atoms with Gasteiger partial charge in [0.15, 0.2) is 0 Å². The molecule has 0 N–H and O–H groups in total. The summed E-state index contributed by atoms with van der Waals surface area (Å²) in [6.07, 6.45) is 2.80. The van der Waals surface area contributed by atoms with Crippen LogP contribution in [-0.2, 0) is 21.2 Å². The molecule has 4 rings (SSSR count). The molecule has 0 saturated carbocycles. The number of carbonyl (C=O) groups excluding carboxylic acids is 1. The van der Waals surface area contributed by atoms with Crippen LogP contribution >= 0.6 is 0 Å². The maximum atomic E-state index is 14.0. The van der Waals surface area contributed by atoms with Crippen molar-refractivity contribution in [2.45, 2.75) is 37.5 Å². The van der Waals surface area contributed by atoms with Gasteiger partial charge in [0.1, 0.15) is 10.7 Å². The Morgan fingerprint density at radius 2 is 1.76 bits per heavy atom. The number of sulfonamides is 1. The Morgan fingerprint density at radius 3 is 2.48 bits per heavy atom. The average molecular weight is 417 g/mol. The predicted molar refractivity (Wildman–Crippen MR) is 110 cm³/mol. The lowest BCUT2D eigenvalue weighted by atomic mass is 9.93. The number of halogens is 1. The molecular weight excluding hydrogens is 391 g/mol. The maximum absolute atomic E-state index is 14.0. The first-order valence-electron chi connectivity index (χ1n) is 10.0. The third-order valence-electron chi connectivity index (χ3n) is 5.94. The quantitative estimate of drug-likeness (QED) is 0.769. The van der Waals surface area contributed by atoms with Crippen LogP contribution in [0.3, 0.4) is 0 Å². The summed E-state index contributed by atoms with van der Waals surface area (Å²) in [5.74, 6) is -0.887. The molecule has 5 nitrogen and oxygen atoms in total. The third-order valence-corrected chi connectivity index (χ3v) is 7.87. The number of hydrogen-bond donors (Lipinski definition) is 0. The van der Waals surface area contributed by atoms with Crippen LogP contribution in [0.5, 0.6) is 0 Å². The van der Waals surface area contributed by atoms with Gasteiger partial charge in [-0.15, -0.1) is 0 Å². The number of rotatable bonds is 3. The van der Waals surface area contributed by atoms with E-state index in [2.05, 4.69) is 6.07 Å². The Balaban J connectivity index is 1.49. The van der Waals surface area contributed by atoms with E-state index < -0.39 is 15.8 Å². The first-order valence-corrected chi connectivity index (χ1v) is 11.5. The van der Waals surface area contributed by atoms with Crippen LogP contribution in [0.1, 0.15) is 30.4 Å². The lowest BCUT2D eigenvalue weighted by Crippen LogP contribution is -2.46. The molecule has 7 heteroatoms. The number of carbonyl (C=O) groups is 1. The first-order chi connectivity index (χ1) is 13.9. The van der Waals surface area contributed by atoms with Crippen molar-refractivity contribution in [3.8, 4) is 0 Å². The van der Waals surface area contributed by atoms with Crippen LogP contribution in [-0.4, -0.2) is 38.3 Å². The van der Waals surface area contributed by atoms with Gasteiger partial charge in [0, 0.05) is 31.2 Å². The number of para-hydroxylation sites is 1. The molecule has 2 aromatic carbocycles. The second-order valence-corrected chi connectivity index (χ2v) is 9.69. The summed E-state index contributed by atoms with van der Waals surface area (Å²) in [4.78, 5) is 14.8. The summed E-state index contributed by atoms with van der Waals surface area (Å²) >= 11 is 0. The van der Waals surface area contributed by atoms with Crippen molar-refractivity contribution in [2.75, 3.05) is 24.5 Å². The molecule has 0 bridgehead atoms. The molecule has 2 aliphatic heterocycles. The maximum Gasteiger partial charge on any atom is 0.245 e. The minimum atomic E-state index is -3.89. The van der Waals surface area contributed by atoms with E-state index in [1.54, 1.807) is 0 Å². The molecule has 29 heavy (non-hydrogen) atoms. The molecular formula is C22H25FN2O3S. The van der Waals surface area contributed by atoms with Crippen molar-refractivity contribution in [1.29, 1.82) is 0 Å². The zero-order valence-electron chi connectivity index (χ0n) is 16.5. The van der Waals surface area contributed by atoms with Crippen LogP contribution in [0.25, 0.3) is 0 Å². The highest BCUT2D eigenvalue weighted by Crippen LogP contribution is 2.34. The Hall–Kier alpha value is -2.25. The van der Waals surface area contributed by atoms with Crippen LogP contribution < -0.4 is 4.90 Å². The second kappa shape index (κ2) is 7.88. The van der Waals surface area contributed by atoms with Gasteiger partial charge in [-0.05, 0) is 55.9 Å². The summed E-state index contributed by atoms with van der Waals surface area (Å²) in [7, 11) is -3.89. The van der Waals surface area contributed by atoms with Gasteiger partial charge in [-0.3, -0.25) is 4.79 Å². The highest BCUT2D eigenvalue weighted by molar-refractivity contribution is 7.89. The fourth-order valence-corrected chi connectivity index (χ4v) is 5.96. The molecule has 1 fully saturated rings. The smallest absolute Gasteiger partial charge is 0.245 e. The molecule has 0 aromatic heterocycles. The minimum Gasteiger partial charge on any atom is -0.312 e. The SMILES string of the molecule is Cc1cccc2c1N(C(=O)C1CCN(S(=O)(=O)c3ccccc3F)CC1)CCC2. The Kier molecular flexibility index (Phi) is 5.44. The van der Waals surface area contributed by atoms with Gasteiger partial charge in [0.25, 0.3) is 0 Å². The standard InChI is InChI=1S/C22H25FN2O3S/c1-16-6-4-7-17-8-5-13-25(21(16)17)22(26)18-11-14-24(15-12-18)29(27,28)20-10-3-2-9-19(20)23/h2-4,6-7,9-10,18H,5,8,11-15H2,1H3. The number of nitrogens with zero attached hydrogens (tertiary/aromatic N) is 2. The molecule has 0 spiro atoms. The minimum absolute atomic E-state index is 0.0724. The Labute approximate surface area is 171 Å². The van der Waals surface area contributed by atoms with Crippen molar-refractivity contribution in [3.05, 3.63) is 59.4 Å². The third kappa shape index (κ3) is 3.69. The molecule has 0 atom stereocenters. The van der Waals surface area contributed by atoms with Crippen LogP contribution in [0.4, 0.5) is 10.1 Å². The highest BCUT2D eigenvalue weighted by atomic mass is 32.2. The van der Waals surface area contributed by atoms with Gasteiger partial charge < -0.3 is 4.90 Å². The first kappa shape index (κ1) is 20.0. The van der Waals surface area contributed by atoms with E-state index in [0.717, 1.165) is 30.2 Å². The van der Waals surface area contributed by atoms with Gasteiger partial charge in [-0.1, -0.05) is 30.3 Å². The second-order valence-electron chi connectivity index (χ2n) is 7.78. The fraction of sp³-hybridized carbons (Fsp3) is 0.409. The van der Waals surface area contributed by atoms with Crippen molar-refractivity contribution < 1.29 is 17.6 Å². The lowest BCUT2D eigenvalue weighted by Gasteiger charge is -2.36. The molecule has 2 heterocycles. The van der Waals surface area contributed by atoms with Gasteiger partial charge in [0.2, 0.25) is 15.9 Å². The number of aryl methyl sites for hydroxylation is 2. The summed E-state index contributed by atoms with van der Waals surface area (Å²) < 4.78 is 40.9. The molecule has 1 saturated heterocycles. The number of amides is 1. The number of anilines is 1. The van der Waals surface area contributed by atoms with Crippen molar-refractivity contribution in [1.82, 2.24) is 4.31 Å². The fourth-order valence-electron chi connectivity index (χ4n) is 4.42. The number of fused-ring (bicyclic) bond motifs is 1. The highest BCUT2D eigenvalue weighted by Gasteiger charge is 2.36. The van der Waals surface area contributed by atoms with E-state index >= 15 is 0 Å². The van der Waals surface area contributed by atoms with Crippen molar-refractivity contribution >= 4 is 21.6 Å². The molecule has 0 radical (unpaired) electrons. The molecule has 0 aliphatic carbocycles. The lowest BCUT2D eigenvalue weighted by molar-refractivity contribution is -0.123. The average Bonchev–Trinajstić information content (AvgIpc) is 2.73. The number of benzene rings is 2. The monoisotopic (exact) mass is 416 g/mol. The van der Waals surface area contributed by atoms with Gasteiger partial charge in [-0.25, -0.2) is 12.8 Å². The van der Waals surface area contributed by atoms with E-state index in [1.807, 2.05) is 24.0 Å². The summed E-state index contributed by atoms with van der Waals surface area (Å²) in [6.45, 7) is 3.17. The van der Waals surface area contributed by atoms with Crippen LogP contribution in [0.15, 0.2) is 47.4 Å². The predicted octanol–water partition coefficient (Wildman–Crippen LogP) is 3.51. The Bertz CT molecular complexity index is 1030. The molecule has 154 valence electrons. The van der Waals surface area contributed by atoms with Gasteiger partial charge in [-0.2, -0.15) is 4.31 Å². The van der Waals surface area contributed by atoms with E-state index in [-0.39, 0.29) is 29.8 Å². The number of hydrogen-bond acceptors (Lipinski definition) is 3. The van der Waals surface area contributed by atoms with Crippen molar-refractivity contribution in [2.24, 2.45) is 5.92 Å². The van der Waals surface area contributed by atoms with E-state index in [9.17, 15) is 17.6 Å². The largest absolute Gasteiger partial charge is 0.312 e. The van der Waals surface area contributed by atoms with Gasteiger partial charge >= 0.3 is 0 Å². The van der Waals surface area contributed by atoms with Crippen molar-refractivity contribution in [3.63, 3.8) is 0 Å². The number of piperidine rings is 1.